The zero-order chi connectivity index (χ0) is 13.5. The number of nitrogens with one attached hydrogen (secondary N) is 1. The highest BCUT2D eigenvalue weighted by Crippen LogP contribution is 2.19. The molecule has 98 valence electrons. The minimum absolute atomic E-state index is 0.254. The Balaban J connectivity index is 2.53. The third-order valence-corrected chi connectivity index (χ3v) is 2.89. The SMILES string of the molecule is CC(C)c1ccc(N(C)CCC(=O)NC=O)cc1. The summed E-state index contributed by atoms with van der Waals surface area (Å²) in [7, 11) is 1.93. The summed E-state index contributed by atoms with van der Waals surface area (Å²) >= 11 is 0. The summed E-state index contributed by atoms with van der Waals surface area (Å²) in [4.78, 5) is 23.2. The van der Waals surface area contributed by atoms with Crippen molar-refractivity contribution in [2.45, 2.75) is 26.2 Å². The maximum absolute atomic E-state index is 11.2. The molecule has 0 aliphatic rings. The molecule has 2 amide bonds. The van der Waals surface area contributed by atoms with Gasteiger partial charge in [-0.1, -0.05) is 26.0 Å². The normalized spacial score (nSPS) is 10.2. The second-order valence-electron chi connectivity index (χ2n) is 4.60. The van der Waals surface area contributed by atoms with Gasteiger partial charge in [-0.25, -0.2) is 0 Å². The lowest BCUT2D eigenvalue weighted by Crippen LogP contribution is -2.27. The Kier molecular flexibility index (Phi) is 5.36. The van der Waals surface area contributed by atoms with E-state index < -0.39 is 0 Å². The van der Waals surface area contributed by atoms with Crippen LogP contribution >= 0.6 is 0 Å². The van der Waals surface area contributed by atoms with Crippen LogP contribution in [0.15, 0.2) is 24.3 Å². The molecule has 0 heterocycles. The molecule has 0 aliphatic heterocycles. The van der Waals surface area contributed by atoms with E-state index in [2.05, 4.69) is 31.3 Å². The van der Waals surface area contributed by atoms with Gasteiger partial charge in [-0.05, 0) is 23.6 Å². The second-order valence-corrected chi connectivity index (χ2v) is 4.60. The lowest BCUT2D eigenvalue weighted by atomic mass is 10.0. The van der Waals surface area contributed by atoms with Crippen molar-refractivity contribution in [1.82, 2.24) is 5.32 Å². The predicted molar refractivity (Wildman–Crippen MR) is 72.6 cm³/mol. The molecular weight excluding hydrogens is 228 g/mol. The number of hydrogen-bond donors (Lipinski definition) is 1. The first kappa shape index (κ1) is 14.2. The van der Waals surface area contributed by atoms with Crippen LogP contribution in [0.1, 0.15) is 31.7 Å². The monoisotopic (exact) mass is 248 g/mol. The van der Waals surface area contributed by atoms with Crippen molar-refractivity contribution in [2.24, 2.45) is 0 Å². The summed E-state index contributed by atoms with van der Waals surface area (Å²) in [5.74, 6) is 0.262. The maximum atomic E-state index is 11.2. The zero-order valence-electron chi connectivity index (χ0n) is 11.1. The standard InChI is InChI=1S/C14H20N2O2/c1-11(2)12-4-6-13(7-5-12)16(3)9-8-14(18)15-10-17/h4-7,10-11H,8-9H2,1-3H3,(H,15,17,18). The highest BCUT2D eigenvalue weighted by atomic mass is 16.2. The summed E-state index contributed by atoms with van der Waals surface area (Å²) in [5, 5.41) is 2.13. The lowest BCUT2D eigenvalue weighted by molar-refractivity contribution is -0.125. The highest BCUT2D eigenvalue weighted by Gasteiger charge is 2.05. The second kappa shape index (κ2) is 6.79. The van der Waals surface area contributed by atoms with Gasteiger partial charge in [0, 0.05) is 25.7 Å². The molecule has 18 heavy (non-hydrogen) atoms. The van der Waals surface area contributed by atoms with Crippen molar-refractivity contribution in [3.63, 3.8) is 0 Å². The summed E-state index contributed by atoms with van der Waals surface area (Å²) < 4.78 is 0. The molecule has 0 aromatic heterocycles. The molecule has 0 radical (unpaired) electrons. The molecule has 1 N–H and O–H groups in total. The topological polar surface area (TPSA) is 49.4 Å². The molecule has 1 rings (SSSR count). The van der Waals surface area contributed by atoms with Crippen LogP contribution in [0.3, 0.4) is 0 Å². The molecule has 4 heteroatoms. The molecule has 0 saturated carbocycles. The molecule has 0 atom stereocenters. The summed E-state index contributed by atoms with van der Waals surface area (Å²) in [5.41, 5.74) is 2.36. The van der Waals surface area contributed by atoms with Crippen molar-refractivity contribution in [2.75, 3.05) is 18.5 Å². The number of carbonyl (C=O) groups is 2. The van der Waals surface area contributed by atoms with Crippen molar-refractivity contribution in [1.29, 1.82) is 0 Å². The van der Waals surface area contributed by atoms with Crippen LogP contribution in [0.4, 0.5) is 5.69 Å². The van der Waals surface area contributed by atoms with Gasteiger partial charge in [-0.2, -0.15) is 0 Å². The van der Waals surface area contributed by atoms with Gasteiger partial charge in [0.15, 0.2) is 0 Å². The Bertz CT molecular complexity index is 399. The van der Waals surface area contributed by atoms with Gasteiger partial charge >= 0.3 is 0 Å². The molecule has 4 nitrogen and oxygen atoms in total. The van der Waals surface area contributed by atoms with Crippen LogP contribution < -0.4 is 10.2 Å². The number of imide groups is 1. The van der Waals surface area contributed by atoms with Crippen LogP contribution in [0.25, 0.3) is 0 Å². The molecule has 0 unspecified atom stereocenters. The van der Waals surface area contributed by atoms with Gasteiger partial charge in [0.1, 0.15) is 0 Å². The number of benzene rings is 1. The van der Waals surface area contributed by atoms with Gasteiger partial charge in [0.05, 0.1) is 0 Å². The van der Waals surface area contributed by atoms with Crippen molar-refractivity contribution < 1.29 is 9.59 Å². The summed E-state index contributed by atoms with van der Waals surface area (Å²) in [6, 6.07) is 8.30. The van der Waals surface area contributed by atoms with E-state index in [1.807, 2.05) is 24.1 Å². The molecular formula is C14H20N2O2. The predicted octanol–water partition coefficient (Wildman–Crippen LogP) is 1.91. The minimum atomic E-state index is -0.254. The number of nitrogens with zero attached hydrogens (tertiary/aromatic N) is 1. The Labute approximate surface area is 108 Å². The first-order chi connectivity index (χ1) is 8.54. The first-order valence-corrected chi connectivity index (χ1v) is 6.08. The van der Waals surface area contributed by atoms with Crippen LogP contribution in [0.2, 0.25) is 0 Å². The average molecular weight is 248 g/mol. The first-order valence-electron chi connectivity index (χ1n) is 6.08. The fourth-order valence-electron chi connectivity index (χ4n) is 1.65. The summed E-state index contributed by atoms with van der Waals surface area (Å²) in [6.45, 7) is 4.89. The Morgan fingerprint density at radius 2 is 1.94 bits per heavy atom. The third kappa shape index (κ3) is 4.20. The van der Waals surface area contributed by atoms with Crippen LogP contribution in [-0.2, 0) is 9.59 Å². The summed E-state index contributed by atoms with van der Waals surface area (Å²) in [6.07, 6.45) is 0.723. The number of hydrogen-bond acceptors (Lipinski definition) is 3. The molecule has 0 bridgehead atoms. The third-order valence-electron chi connectivity index (χ3n) is 2.89. The molecule has 1 aromatic carbocycles. The van der Waals surface area contributed by atoms with E-state index in [1.54, 1.807) is 0 Å². The average Bonchev–Trinajstić information content (AvgIpc) is 2.36. The molecule has 0 fully saturated rings. The molecule has 0 aliphatic carbocycles. The van der Waals surface area contributed by atoms with Gasteiger partial charge in [-0.15, -0.1) is 0 Å². The fourth-order valence-corrected chi connectivity index (χ4v) is 1.65. The molecule has 0 saturated heterocycles. The molecule has 1 aromatic rings. The number of carbonyl (C=O) groups excluding carboxylic acids is 2. The Morgan fingerprint density at radius 3 is 2.44 bits per heavy atom. The van der Waals surface area contributed by atoms with E-state index >= 15 is 0 Å². The van der Waals surface area contributed by atoms with Gasteiger partial charge in [0.25, 0.3) is 0 Å². The number of rotatable bonds is 6. The highest BCUT2D eigenvalue weighted by molar-refractivity contribution is 5.86. The quantitative estimate of drug-likeness (QED) is 0.782. The van der Waals surface area contributed by atoms with Crippen molar-refractivity contribution >= 4 is 18.0 Å². The number of amides is 2. The Hall–Kier alpha value is -1.84. The number of anilines is 1. The van der Waals surface area contributed by atoms with E-state index in [0.717, 1.165) is 5.69 Å². The minimum Gasteiger partial charge on any atom is -0.374 e. The smallest absolute Gasteiger partial charge is 0.228 e. The van der Waals surface area contributed by atoms with Gasteiger partial charge in [0.2, 0.25) is 12.3 Å². The van der Waals surface area contributed by atoms with Gasteiger partial charge < -0.3 is 4.90 Å². The van der Waals surface area contributed by atoms with Crippen molar-refractivity contribution in [3.8, 4) is 0 Å². The van der Waals surface area contributed by atoms with Crippen LogP contribution in [0, 0.1) is 0 Å². The maximum Gasteiger partial charge on any atom is 0.228 e. The largest absolute Gasteiger partial charge is 0.374 e. The van der Waals surface area contributed by atoms with E-state index in [1.165, 1.54) is 5.56 Å². The van der Waals surface area contributed by atoms with E-state index in [0.29, 0.717) is 25.3 Å². The van der Waals surface area contributed by atoms with E-state index in [9.17, 15) is 9.59 Å². The molecule has 0 spiro atoms. The Morgan fingerprint density at radius 1 is 1.33 bits per heavy atom. The van der Waals surface area contributed by atoms with E-state index in [-0.39, 0.29) is 5.91 Å². The zero-order valence-corrected chi connectivity index (χ0v) is 11.1. The van der Waals surface area contributed by atoms with Crippen molar-refractivity contribution in [3.05, 3.63) is 29.8 Å². The van der Waals surface area contributed by atoms with E-state index in [4.69, 9.17) is 0 Å². The van der Waals surface area contributed by atoms with Gasteiger partial charge in [-0.3, -0.25) is 14.9 Å². The fraction of sp³-hybridized carbons (Fsp3) is 0.429. The van der Waals surface area contributed by atoms with Crippen LogP contribution in [0.5, 0.6) is 0 Å². The lowest BCUT2D eigenvalue weighted by Gasteiger charge is -2.19. The van der Waals surface area contributed by atoms with Crippen LogP contribution in [-0.4, -0.2) is 25.9 Å².